The fourth-order valence-corrected chi connectivity index (χ4v) is 3.29. The molecule has 0 aliphatic heterocycles. The molecule has 9 heteroatoms. The van der Waals surface area contributed by atoms with Crippen molar-refractivity contribution in [3.8, 4) is 5.88 Å². The lowest BCUT2D eigenvalue weighted by molar-refractivity contribution is -0.141. The Morgan fingerprint density at radius 2 is 2.03 bits per heavy atom. The monoisotopic (exact) mass is 449 g/mol. The summed E-state index contributed by atoms with van der Waals surface area (Å²) in [4.78, 5) is 11.9. The Morgan fingerprint density at radius 3 is 2.65 bits per heavy atom. The van der Waals surface area contributed by atoms with E-state index in [9.17, 15) is 18.3 Å². The van der Waals surface area contributed by atoms with Gasteiger partial charge in [-0.1, -0.05) is 23.7 Å². The maximum atomic E-state index is 12.8. The molecule has 2 heterocycles. The molecule has 1 aromatic carbocycles. The summed E-state index contributed by atoms with van der Waals surface area (Å²) < 4.78 is 43.6. The van der Waals surface area contributed by atoms with Crippen LogP contribution < -0.4 is 4.74 Å². The van der Waals surface area contributed by atoms with Gasteiger partial charge in [-0.05, 0) is 42.3 Å². The number of alkyl halides is 3. The molecule has 1 N–H and O–H groups in total. The third kappa shape index (κ3) is 5.21. The van der Waals surface area contributed by atoms with Crippen molar-refractivity contribution in [2.75, 3.05) is 7.11 Å². The second-order valence-electron chi connectivity index (χ2n) is 6.61. The molecule has 0 saturated carbocycles. The third-order valence-corrected chi connectivity index (χ3v) is 4.97. The van der Waals surface area contributed by atoms with E-state index < -0.39 is 18.0 Å². The van der Waals surface area contributed by atoms with Gasteiger partial charge in [0.1, 0.15) is 5.69 Å². The number of ether oxygens (including phenoxy) is 1. The molecule has 3 aromatic rings. The number of benzene rings is 1. The highest BCUT2D eigenvalue weighted by molar-refractivity contribution is 6.36. The van der Waals surface area contributed by atoms with Crippen LogP contribution in [0.4, 0.5) is 13.2 Å². The van der Waals surface area contributed by atoms with Gasteiger partial charge in [0.15, 0.2) is 0 Å². The summed E-state index contributed by atoms with van der Waals surface area (Å²) in [7, 11) is 1.44. The maximum Gasteiger partial charge on any atom is 0.433 e. The third-order valence-electron chi connectivity index (χ3n) is 4.54. The van der Waals surface area contributed by atoms with Crippen LogP contribution in [0.25, 0.3) is 10.9 Å². The zero-order valence-corrected chi connectivity index (χ0v) is 17.4. The Bertz CT molecular complexity index is 1130. The average Bonchev–Trinajstić information content (AvgIpc) is 2.75. The van der Waals surface area contributed by atoms with E-state index in [1.54, 1.807) is 31.3 Å². The number of halogens is 4. The molecule has 0 fully saturated rings. The maximum absolute atomic E-state index is 12.8. The highest BCUT2D eigenvalue weighted by Gasteiger charge is 2.32. The topological polar surface area (TPSA) is 67.6 Å². The van der Waals surface area contributed by atoms with Crippen LogP contribution in [0.15, 0.2) is 53.8 Å². The van der Waals surface area contributed by atoms with E-state index in [1.807, 2.05) is 0 Å². The lowest BCUT2D eigenvalue weighted by Crippen LogP contribution is -2.08. The standard InChI is InChI=1S/C22H19ClF3N3O2/c1-3-27-9-8-18(30)14-5-6-17-15(11-14)20(23)16(21(29-17)31-2)10-13-4-7-19(28-12-13)22(24,25)26/h3-9,11-12,18,30H,10H2,1-2H3/b9-8+,27-3?. The molecule has 3 rings (SSSR count). The quantitative estimate of drug-likeness (QED) is 0.502. The predicted octanol–water partition coefficient (Wildman–Crippen LogP) is 5.54. The van der Waals surface area contributed by atoms with Gasteiger partial charge >= 0.3 is 6.18 Å². The Labute approximate surface area is 181 Å². The van der Waals surface area contributed by atoms with Crippen molar-refractivity contribution in [3.05, 3.63) is 76.2 Å². The van der Waals surface area contributed by atoms with Crippen LogP contribution in [0.1, 0.15) is 35.4 Å². The number of aliphatic hydroxyl groups excluding tert-OH is 1. The molecule has 1 unspecified atom stereocenters. The van der Waals surface area contributed by atoms with Crippen LogP contribution in [-0.4, -0.2) is 28.4 Å². The number of rotatable bonds is 6. The first-order valence-electron chi connectivity index (χ1n) is 9.25. The number of pyridine rings is 2. The predicted molar refractivity (Wildman–Crippen MR) is 114 cm³/mol. The van der Waals surface area contributed by atoms with Crippen LogP contribution >= 0.6 is 11.6 Å². The molecule has 1 atom stereocenters. The number of fused-ring (bicyclic) bond motifs is 1. The van der Waals surface area contributed by atoms with Gasteiger partial charge < -0.3 is 9.84 Å². The van der Waals surface area contributed by atoms with E-state index in [2.05, 4.69) is 15.0 Å². The van der Waals surface area contributed by atoms with Crippen molar-refractivity contribution >= 4 is 28.7 Å². The fraction of sp³-hybridized carbons (Fsp3) is 0.227. The normalized spacial score (nSPS) is 13.4. The van der Waals surface area contributed by atoms with Crippen molar-refractivity contribution in [2.24, 2.45) is 4.99 Å². The van der Waals surface area contributed by atoms with Crippen molar-refractivity contribution in [1.29, 1.82) is 0 Å². The zero-order chi connectivity index (χ0) is 22.6. The number of aromatic nitrogens is 2. The minimum Gasteiger partial charge on any atom is -0.481 e. The van der Waals surface area contributed by atoms with Gasteiger partial charge in [-0.2, -0.15) is 13.2 Å². The highest BCUT2D eigenvalue weighted by Crippen LogP contribution is 2.35. The van der Waals surface area contributed by atoms with Crippen LogP contribution in [-0.2, 0) is 12.6 Å². The summed E-state index contributed by atoms with van der Waals surface area (Å²) in [6, 6.07) is 7.40. The largest absolute Gasteiger partial charge is 0.481 e. The molecular weight excluding hydrogens is 431 g/mol. The molecule has 0 bridgehead atoms. The molecule has 0 saturated heterocycles. The van der Waals surface area contributed by atoms with Crippen molar-refractivity contribution in [2.45, 2.75) is 25.6 Å². The number of aliphatic hydroxyl groups is 1. The number of methoxy groups -OCH3 is 1. The number of hydrogen-bond donors (Lipinski definition) is 1. The van der Waals surface area contributed by atoms with E-state index in [-0.39, 0.29) is 12.3 Å². The first kappa shape index (κ1) is 22.7. The Kier molecular flexibility index (Phi) is 6.92. The lowest BCUT2D eigenvalue weighted by atomic mass is 10.0. The summed E-state index contributed by atoms with van der Waals surface area (Å²) >= 11 is 6.64. The van der Waals surface area contributed by atoms with Gasteiger partial charge in [0.25, 0.3) is 0 Å². The molecule has 5 nitrogen and oxygen atoms in total. The molecule has 0 aliphatic rings. The summed E-state index contributed by atoms with van der Waals surface area (Å²) in [6.45, 7) is 1.76. The van der Waals surface area contributed by atoms with E-state index >= 15 is 0 Å². The van der Waals surface area contributed by atoms with Crippen LogP contribution in [0, 0.1) is 0 Å². The Hall–Kier alpha value is -2.97. The Balaban J connectivity index is 2.01. The molecule has 0 amide bonds. The molecule has 0 radical (unpaired) electrons. The molecule has 0 aliphatic carbocycles. The molecular formula is C22H19ClF3N3O2. The number of hydrogen-bond acceptors (Lipinski definition) is 5. The number of nitrogens with zero attached hydrogens (tertiary/aromatic N) is 3. The number of aliphatic imine (C=N–C) groups is 1. The molecule has 2 aromatic heterocycles. The second-order valence-corrected chi connectivity index (χ2v) is 6.99. The lowest BCUT2D eigenvalue weighted by Gasteiger charge is -2.14. The second kappa shape index (κ2) is 9.45. The van der Waals surface area contributed by atoms with Crippen LogP contribution in [0.5, 0.6) is 5.88 Å². The van der Waals surface area contributed by atoms with E-state index in [0.29, 0.717) is 32.6 Å². The highest BCUT2D eigenvalue weighted by atomic mass is 35.5. The molecule has 0 spiro atoms. The van der Waals surface area contributed by atoms with Gasteiger partial charge in [-0.3, -0.25) is 9.98 Å². The first-order chi connectivity index (χ1) is 14.7. The molecule has 31 heavy (non-hydrogen) atoms. The van der Waals surface area contributed by atoms with Gasteiger partial charge in [-0.25, -0.2) is 4.98 Å². The molecule has 162 valence electrons. The SMILES string of the molecule is CC=N/C=C/C(O)c1ccc2nc(OC)c(Cc3ccc(C(F)(F)F)nc3)c(Cl)c2c1. The van der Waals surface area contributed by atoms with Crippen molar-refractivity contribution < 1.29 is 23.0 Å². The van der Waals surface area contributed by atoms with Gasteiger partial charge in [-0.15, -0.1) is 0 Å². The minimum absolute atomic E-state index is 0.175. The van der Waals surface area contributed by atoms with E-state index in [1.165, 1.54) is 25.5 Å². The van der Waals surface area contributed by atoms with Gasteiger partial charge in [0.2, 0.25) is 5.88 Å². The zero-order valence-electron chi connectivity index (χ0n) is 16.7. The van der Waals surface area contributed by atoms with E-state index in [4.69, 9.17) is 16.3 Å². The first-order valence-corrected chi connectivity index (χ1v) is 9.63. The summed E-state index contributed by atoms with van der Waals surface area (Å²) in [5.74, 6) is 0.267. The van der Waals surface area contributed by atoms with Crippen LogP contribution in [0.3, 0.4) is 0 Å². The van der Waals surface area contributed by atoms with Gasteiger partial charge in [0.05, 0.1) is 23.8 Å². The summed E-state index contributed by atoms with van der Waals surface area (Å²) in [5.41, 5.74) is 1.21. The Morgan fingerprint density at radius 1 is 1.26 bits per heavy atom. The summed E-state index contributed by atoms with van der Waals surface area (Å²) in [6.07, 6.45) is 0.544. The van der Waals surface area contributed by atoms with E-state index in [0.717, 1.165) is 12.3 Å². The minimum atomic E-state index is -4.51. The smallest absolute Gasteiger partial charge is 0.433 e. The fourth-order valence-electron chi connectivity index (χ4n) is 3.00. The van der Waals surface area contributed by atoms with Crippen molar-refractivity contribution in [1.82, 2.24) is 9.97 Å². The van der Waals surface area contributed by atoms with Crippen LogP contribution in [0.2, 0.25) is 5.02 Å². The van der Waals surface area contributed by atoms with Gasteiger partial charge in [0, 0.05) is 36.0 Å². The summed E-state index contributed by atoms with van der Waals surface area (Å²) in [5, 5.41) is 11.3. The van der Waals surface area contributed by atoms with Crippen molar-refractivity contribution in [3.63, 3.8) is 0 Å². The average molecular weight is 450 g/mol.